The molecule has 100 valence electrons. The van der Waals surface area contributed by atoms with Crippen LogP contribution < -0.4 is 10.1 Å². The molecule has 0 heterocycles. The lowest BCUT2D eigenvalue weighted by Gasteiger charge is -2.15. The highest BCUT2D eigenvalue weighted by Gasteiger charge is 2.08. The van der Waals surface area contributed by atoms with E-state index >= 15 is 0 Å². The van der Waals surface area contributed by atoms with E-state index in [2.05, 4.69) is 32.2 Å². The van der Waals surface area contributed by atoms with Gasteiger partial charge in [0.25, 0.3) is 5.91 Å². The Bertz CT molecular complexity index is 373. The number of hydrogen-bond donors (Lipinski definition) is 1. The number of nitrogens with one attached hydrogen (secondary N) is 1. The molecular formula is C15H23NO2. The highest BCUT2D eigenvalue weighted by atomic mass is 16.5. The summed E-state index contributed by atoms with van der Waals surface area (Å²) in [5.74, 6) is 0.708. The first-order chi connectivity index (χ1) is 8.69. The Morgan fingerprint density at radius 3 is 2.61 bits per heavy atom. The number of hydrogen-bond acceptors (Lipinski definition) is 2. The van der Waals surface area contributed by atoms with Gasteiger partial charge >= 0.3 is 0 Å². The van der Waals surface area contributed by atoms with Gasteiger partial charge in [0.1, 0.15) is 5.75 Å². The summed E-state index contributed by atoms with van der Waals surface area (Å²) >= 11 is 0. The minimum absolute atomic E-state index is 0.0504. The van der Waals surface area contributed by atoms with Crippen molar-refractivity contribution in [2.75, 3.05) is 6.61 Å². The summed E-state index contributed by atoms with van der Waals surface area (Å²) in [6.45, 7) is 6.32. The normalized spacial score (nSPS) is 10.4. The van der Waals surface area contributed by atoms with E-state index in [-0.39, 0.29) is 18.6 Å². The van der Waals surface area contributed by atoms with E-state index in [0.717, 1.165) is 25.0 Å². The van der Waals surface area contributed by atoms with Crippen LogP contribution in [0.3, 0.4) is 0 Å². The van der Waals surface area contributed by atoms with Gasteiger partial charge in [-0.3, -0.25) is 4.79 Å². The number of benzene rings is 1. The lowest BCUT2D eigenvalue weighted by Crippen LogP contribution is -2.37. The third-order valence-corrected chi connectivity index (χ3v) is 3.03. The smallest absolute Gasteiger partial charge is 0.258 e. The molecule has 0 fully saturated rings. The summed E-state index contributed by atoms with van der Waals surface area (Å²) < 4.78 is 5.49. The molecule has 0 unspecified atom stereocenters. The van der Waals surface area contributed by atoms with Crippen LogP contribution in [-0.4, -0.2) is 18.6 Å². The van der Waals surface area contributed by atoms with E-state index in [1.807, 2.05) is 18.2 Å². The zero-order valence-corrected chi connectivity index (χ0v) is 11.5. The molecule has 0 aliphatic carbocycles. The van der Waals surface area contributed by atoms with E-state index in [1.165, 1.54) is 5.56 Å². The van der Waals surface area contributed by atoms with Crippen molar-refractivity contribution in [3.05, 3.63) is 29.8 Å². The molecule has 0 radical (unpaired) electrons. The van der Waals surface area contributed by atoms with Crippen LogP contribution in [0.15, 0.2) is 24.3 Å². The fraction of sp³-hybridized carbons (Fsp3) is 0.533. The van der Waals surface area contributed by atoms with Crippen molar-refractivity contribution in [3.63, 3.8) is 0 Å². The lowest BCUT2D eigenvalue weighted by atomic mass is 10.2. The molecule has 18 heavy (non-hydrogen) atoms. The van der Waals surface area contributed by atoms with Crippen LogP contribution in [0.4, 0.5) is 0 Å². The lowest BCUT2D eigenvalue weighted by molar-refractivity contribution is -0.123. The van der Waals surface area contributed by atoms with Gasteiger partial charge in [-0.2, -0.15) is 0 Å². The van der Waals surface area contributed by atoms with E-state index in [4.69, 9.17) is 4.74 Å². The zero-order valence-electron chi connectivity index (χ0n) is 11.5. The van der Waals surface area contributed by atoms with Crippen molar-refractivity contribution in [1.29, 1.82) is 0 Å². The Labute approximate surface area is 110 Å². The molecule has 1 aromatic rings. The molecule has 0 saturated carbocycles. The second-order valence-corrected chi connectivity index (χ2v) is 4.37. The molecule has 1 aromatic carbocycles. The van der Waals surface area contributed by atoms with Crippen LogP contribution in [0.5, 0.6) is 5.75 Å². The van der Waals surface area contributed by atoms with Gasteiger partial charge in [-0.05, 0) is 37.0 Å². The highest BCUT2D eigenvalue weighted by molar-refractivity contribution is 5.77. The molecule has 0 aliphatic heterocycles. The van der Waals surface area contributed by atoms with Gasteiger partial charge in [0.05, 0.1) is 0 Å². The Hall–Kier alpha value is -1.51. The Morgan fingerprint density at radius 1 is 1.28 bits per heavy atom. The van der Waals surface area contributed by atoms with Gasteiger partial charge in [-0.25, -0.2) is 0 Å². The maximum atomic E-state index is 11.7. The fourth-order valence-electron chi connectivity index (χ4n) is 1.77. The monoisotopic (exact) mass is 249 g/mol. The molecule has 0 saturated heterocycles. The van der Waals surface area contributed by atoms with Crippen LogP contribution in [-0.2, 0) is 11.2 Å². The van der Waals surface area contributed by atoms with E-state index in [0.29, 0.717) is 0 Å². The first-order valence-electron chi connectivity index (χ1n) is 6.70. The van der Waals surface area contributed by atoms with Gasteiger partial charge in [0.15, 0.2) is 6.61 Å². The van der Waals surface area contributed by atoms with Crippen molar-refractivity contribution in [3.8, 4) is 5.75 Å². The third-order valence-electron chi connectivity index (χ3n) is 3.03. The molecule has 0 spiro atoms. The SMILES string of the molecule is CCc1cccc(OCC(=O)NC(CC)CC)c1. The molecule has 1 rings (SSSR count). The van der Waals surface area contributed by atoms with Gasteiger partial charge in [0, 0.05) is 6.04 Å². The summed E-state index contributed by atoms with van der Waals surface area (Å²) in [6, 6.07) is 8.11. The average Bonchev–Trinajstić information content (AvgIpc) is 2.42. The van der Waals surface area contributed by atoms with E-state index < -0.39 is 0 Å². The van der Waals surface area contributed by atoms with Gasteiger partial charge < -0.3 is 10.1 Å². The summed E-state index contributed by atoms with van der Waals surface area (Å²) in [7, 11) is 0. The summed E-state index contributed by atoms with van der Waals surface area (Å²) in [6.07, 6.45) is 2.87. The number of aryl methyl sites for hydroxylation is 1. The Kier molecular flexibility index (Phi) is 6.26. The molecule has 0 aromatic heterocycles. The standard InChI is InChI=1S/C15H23NO2/c1-4-12-8-7-9-14(10-12)18-11-15(17)16-13(5-2)6-3/h7-10,13H,4-6,11H2,1-3H3,(H,16,17). The maximum absolute atomic E-state index is 11.7. The maximum Gasteiger partial charge on any atom is 0.258 e. The van der Waals surface area contributed by atoms with Crippen LogP contribution in [0.2, 0.25) is 0 Å². The van der Waals surface area contributed by atoms with Crippen LogP contribution in [0.25, 0.3) is 0 Å². The van der Waals surface area contributed by atoms with Crippen molar-refractivity contribution in [2.45, 2.75) is 46.1 Å². The van der Waals surface area contributed by atoms with Crippen LogP contribution in [0, 0.1) is 0 Å². The molecular weight excluding hydrogens is 226 g/mol. The van der Waals surface area contributed by atoms with Gasteiger partial charge in [0.2, 0.25) is 0 Å². The number of carbonyl (C=O) groups excluding carboxylic acids is 1. The minimum Gasteiger partial charge on any atom is -0.484 e. The van der Waals surface area contributed by atoms with Gasteiger partial charge in [-0.15, -0.1) is 0 Å². The first kappa shape index (κ1) is 14.6. The third kappa shape index (κ3) is 4.78. The second-order valence-electron chi connectivity index (χ2n) is 4.37. The van der Waals surface area contributed by atoms with Crippen molar-refractivity contribution in [1.82, 2.24) is 5.32 Å². The topological polar surface area (TPSA) is 38.3 Å². The molecule has 0 atom stereocenters. The molecule has 1 N–H and O–H groups in total. The summed E-state index contributed by atoms with van der Waals surface area (Å²) in [5, 5.41) is 2.95. The predicted octanol–water partition coefficient (Wildman–Crippen LogP) is 2.93. The zero-order chi connectivity index (χ0) is 13.4. The molecule has 3 heteroatoms. The summed E-state index contributed by atoms with van der Waals surface area (Å²) in [5.41, 5.74) is 1.22. The van der Waals surface area contributed by atoms with Crippen LogP contribution >= 0.6 is 0 Å². The fourth-order valence-corrected chi connectivity index (χ4v) is 1.77. The predicted molar refractivity (Wildman–Crippen MR) is 73.8 cm³/mol. The molecule has 0 bridgehead atoms. The number of amides is 1. The highest BCUT2D eigenvalue weighted by Crippen LogP contribution is 2.13. The van der Waals surface area contributed by atoms with Crippen LogP contribution in [0.1, 0.15) is 39.2 Å². The largest absolute Gasteiger partial charge is 0.484 e. The van der Waals surface area contributed by atoms with Crippen molar-refractivity contribution in [2.24, 2.45) is 0 Å². The van der Waals surface area contributed by atoms with Crippen molar-refractivity contribution < 1.29 is 9.53 Å². The average molecular weight is 249 g/mol. The first-order valence-corrected chi connectivity index (χ1v) is 6.70. The Balaban J connectivity index is 2.42. The van der Waals surface area contributed by atoms with Gasteiger partial charge in [-0.1, -0.05) is 32.9 Å². The minimum atomic E-state index is -0.0504. The van der Waals surface area contributed by atoms with Crippen molar-refractivity contribution >= 4 is 5.91 Å². The molecule has 1 amide bonds. The van der Waals surface area contributed by atoms with E-state index in [9.17, 15) is 4.79 Å². The molecule has 0 aliphatic rings. The number of rotatable bonds is 7. The molecule has 3 nitrogen and oxygen atoms in total. The quantitative estimate of drug-likeness (QED) is 0.807. The van der Waals surface area contributed by atoms with E-state index in [1.54, 1.807) is 0 Å². The second kappa shape index (κ2) is 7.75. The summed E-state index contributed by atoms with van der Waals surface area (Å²) in [4.78, 5) is 11.7. The number of ether oxygens (including phenoxy) is 1. The number of carbonyl (C=O) groups is 1. The Morgan fingerprint density at radius 2 is 2.00 bits per heavy atom.